The molecule has 0 radical (unpaired) electrons. The Hall–Kier alpha value is -3.65. The van der Waals surface area contributed by atoms with Crippen molar-refractivity contribution in [2.24, 2.45) is 0 Å². The number of methoxy groups -OCH3 is 1. The van der Waals surface area contributed by atoms with E-state index in [1.807, 2.05) is 25.1 Å². The van der Waals surface area contributed by atoms with Crippen molar-refractivity contribution in [3.05, 3.63) is 64.4 Å². The number of anilines is 1. The molecule has 164 valence electrons. The first-order valence-electron chi connectivity index (χ1n) is 10.7. The van der Waals surface area contributed by atoms with E-state index >= 15 is 0 Å². The number of hydrogen-bond acceptors (Lipinski definition) is 6. The predicted molar refractivity (Wildman–Crippen MR) is 126 cm³/mol. The molecule has 5 rings (SSSR count). The highest BCUT2D eigenvalue weighted by Gasteiger charge is 2.18. The summed E-state index contributed by atoms with van der Waals surface area (Å²) in [6.07, 6.45) is 0. The number of nitrogens with one attached hydrogen (secondary N) is 1. The van der Waals surface area contributed by atoms with Crippen molar-refractivity contribution in [3.8, 4) is 22.7 Å². The summed E-state index contributed by atoms with van der Waals surface area (Å²) in [7, 11) is 3.75. The largest absolute Gasteiger partial charge is 0.494 e. The van der Waals surface area contributed by atoms with Crippen molar-refractivity contribution in [2.45, 2.75) is 6.92 Å². The Bertz CT molecular complexity index is 1320. The Kier molecular flexibility index (Phi) is 5.14. The fourth-order valence-corrected chi connectivity index (χ4v) is 4.21. The highest BCUT2D eigenvalue weighted by Crippen LogP contribution is 2.29. The lowest BCUT2D eigenvalue weighted by molar-refractivity contribution is 0.313. The van der Waals surface area contributed by atoms with Crippen LogP contribution < -0.4 is 15.2 Å². The maximum Gasteiger partial charge on any atom is 0.273 e. The van der Waals surface area contributed by atoms with Crippen LogP contribution in [0.2, 0.25) is 0 Å². The fraction of sp³-hybridized carbons (Fsp3) is 0.292. The summed E-state index contributed by atoms with van der Waals surface area (Å²) in [5.74, 6) is 0.598. The smallest absolute Gasteiger partial charge is 0.273 e. The number of benzene rings is 2. The quantitative estimate of drug-likeness (QED) is 0.536. The van der Waals surface area contributed by atoms with Gasteiger partial charge in [0.2, 0.25) is 0 Å². The van der Waals surface area contributed by atoms with Crippen molar-refractivity contribution in [2.75, 3.05) is 45.2 Å². The summed E-state index contributed by atoms with van der Waals surface area (Å²) in [4.78, 5) is 17.6. The molecule has 1 aliphatic rings. The van der Waals surface area contributed by atoms with E-state index in [9.17, 15) is 4.79 Å². The number of rotatable bonds is 4. The molecule has 2 aromatic heterocycles. The fourth-order valence-electron chi connectivity index (χ4n) is 4.21. The van der Waals surface area contributed by atoms with E-state index in [2.05, 4.69) is 56.4 Å². The lowest BCUT2D eigenvalue weighted by Crippen LogP contribution is -2.44. The summed E-state index contributed by atoms with van der Waals surface area (Å²) in [6, 6.07) is 15.6. The van der Waals surface area contributed by atoms with Crippen LogP contribution >= 0.6 is 0 Å². The lowest BCUT2D eigenvalue weighted by atomic mass is 10.1. The number of ether oxygens (including phenoxy) is 1. The average molecular weight is 431 g/mol. The molecule has 0 spiro atoms. The zero-order chi connectivity index (χ0) is 22.2. The Balaban J connectivity index is 1.55. The maximum atomic E-state index is 12.8. The number of H-pyrrole nitrogens is 1. The molecule has 8 heteroatoms. The molecule has 1 fully saturated rings. The second kappa shape index (κ2) is 8.12. The van der Waals surface area contributed by atoms with Crippen LogP contribution in [-0.4, -0.2) is 65.2 Å². The third kappa shape index (κ3) is 3.52. The van der Waals surface area contributed by atoms with E-state index in [4.69, 9.17) is 4.74 Å². The van der Waals surface area contributed by atoms with Crippen molar-refractivity contribution >= 4 is 16.7 Å². The van der Waals surface area contributed by atoms with Crippen LogP contribution in [0.1, 0.15) is 5.56 Å². The van der Waals surface area contributed by atoms with Gasteiger partial charge in [-0.25, -0.2) is 0 Å². The van der Waals surface area contributed by atoms with Crippen molar-refractivity contribution < 1.29 is 4.74 Å². The lowest BCUT2D eigenvalue weighted by Gasteiger charge is -2.34. The van der Waals surface area contributed by atoms with Gasteiger partial charge in [0.05, 0.1) is 12.6 Å². The van der Waals surface area contributed by atoms with E-state index in [1.165, 1.54) is 16.4 Å². The first kappa shape index (κ1) is 20.3. The Labute approximate surface area is 186 Å². The van der Waals surface area contributed by atoms with Gasteiger partial charge in [-0.15, -0.1) is 0 Å². The zero-order valence-electron chi connectivity index (χ0n) is 18.5. The molecule has 2 aromatic carbocycles. The minimum absolute atomic E-state index is 0.245. The van der Waals surface area contributed by atoms with Crippen molar-refractivity contribution in [1.29, 1.82) is 0 Å². The van der Waals surface area contributed by atoms with E-state index in [1.54, 1.807) is 7.11 Å². The summed E-state index contributed by atoms with van der Waals surface area (Å²) in [5.41, 5.74) is 5.41. The number of fused-ring (bicyclic) bond motifs is 1. The molecule has 3 heterocycles. The van der Waals surface area contributed by atoms with Crippen LogP contribution in [0.15, 0.2) is 53.3 Å². The highest BCUT2D eigenvalue weighted by molar-refractivity contribution is 5.89. The molecular weight excluding hydrogens is 404 g/mol. The molecule has 1 aliphatic heterocycles. The number of nitrogens with zero attached hydrogens (tertiary/aromatic N) is 5. The van der Waals surface area contributed by atoms with Crippen LogP contribution in [0.5, 0.6) is 5.75 Å². The van der Waals surface area contributed by atoms with Gasteiger partial charge in [-0.3, -0.25) is 9.89 Å². The predicted octanol–water partition coefficient (Wildman–Crippen LogP) is 2.84. The summed E-state index contributed by atoms with van der Waals surface area (Å²) < 4.78 is 6.89. The molecule has 1 N–H and O–H groups in total. The molecule has 0 saturated carbocycles. The summed E-state index contributed by atoms with van der Waals surface area (Å²) in [6.45, 7) is 6.11. The third-order valence-electron chi connectivity index (χ3n) is 6.09. The standard InChI is InChI=1S/C24H26N6O2/c1-16-5-4-6-20(32-3)24(16)30-21(31)15-19-23(27-30)22(26-25-19)17-7-9-18(10-8-17)29-13-11-28(2)12-14-29/h4-10,15,25H,11-14H2,1-3H3. The third-order valence-corrected chi connectivity index (χ3v) is 6.09. The van der Waals surface area contributed by atoms with Crippen LogP contribution in [-0.2, 0) is 0 Å². The molecule has 0 amide bonds. The van der Waals surface area contributed by atoms with Crippen molar-refractivity contribution in [1.82, 2.24) is 24.9 Å². The number of likely N-dealkylation sites (N-methyl/N-ethyl adjacent to an activating group) is 1. The number of para-hydroxylation sites is 1. The van der Waals surface area contributed by atoms with Gasteiger partial charge >= 0.3 is 0 Å². The molecule has 32 heavy (non-hydrogen) atoms. The maximum absolute atomic E-state index is 12.8. The Morgan fingerprint density at radius 1 is 1.03 bits per heavy atom. The normalized spacial score (nSPS) is 14.8. The molecule has 0 aliphatic carbocycles. The SMILES string of the molecule is COc1cccc(C)c1-n1nc2c(-c3ccc(N4CCN(C)CC4)cc3)n[nH]c2cc1=O. The molecule has 4 aromatic rings. The summed E-state index contributed by atoms with van der Waals surface area (Å²) in [5, 5.41) is 12.1. The number of aryl methyl sites for hydroxylation is 1. The van der Waals surface area contributed by atoms with E-state index in [0.717, 1.165) is 37.3 Å². The van der Waals surface area contributed by atoms with Crippen LogP contribution in [0.3, 0.4) is 0 Å². The van der Waals surface area contributed by atoms with Gasteiger partial charge in [-0.2, -0.15) is 14.9 Å². The monoisotopic (exact) mass is 430 g/mol. The van der Waals surface area contributed by atoms with Gasteiger partial charge < -0.3 is 14.5 Å². The van der Waals surface area contributed by atoms with Gasteiger partial charge in [0.25, 0.3) is 5.56 Å². The second-order valence-electron chi connectivity index (χ2n) is 8.19. The van der Waals surface area contributed by atoms with Crippen LogP contribution in [0.4, 0.5) is 5.69 Å². The number of aromatic amines is 1. The van der Waals surface area contributed by atoms with Gasteiger partial charge in [0.1, 0.15) is 22.6 Å². The molecule has 1 saturated heterocycles. The Morgan fingerprint density at radius 3 is 2.50 bits per heavy atom. The van der Waals surface area contributed by atoms with Crippen molar-refractivity contribution in [3.63, 3.8) is 0 Å². The highest BCUT2D eigenvalue weighted by atomic mass is 16.5. The van der Waals surface area contributed by atoms with Crippen LogP contribution in [0.25, 0.3) is 28.0 Å². The van der Waals surface area contributed by atoms with Gasteiger partial charge in [-0.05, 0) is 37.7 Å². The zero-order valence-corrected chi connectivity index (χ0v) is 18.5. The minimum Gasteiger partial charge on any atom is -0.494 e. The second-order valence-corrected chi connectivity index (χ2v) is 8.19. The molecule has 0 atom stereocenters. The number of aromatic nitrogens is 4. The first-order valence-corrected chi connectivity index (χ1v) is 10.7. The first-order chi connectivity index (χ1) is 15.5. The summed E-state index contributed by atoms with van der Waals surface area (Å²) >= 11 is 0. The number of piperazine rings is 1. The molecule has 8 nitrogen and oxygen atoms in total. The average Bonchev–Trinajstić information content (AvgIpc) is 3.21. The van der Waals surface area contributed by atoms with E-state index in [0.29, 0.717) is 28.2 Å². The van der Waals surface area contributed by atoms with E-state index < -0.39 is 0 Å². The van der Waals surface area contributed by atoms with Gasteiger partial charge in [0, 0.05) is 43.5 Å². The molecule has 0 unspecified atom stereocenters. The minimum atomic E-state index is -0.245. The number of hydrogen-bond donors (Lipinski definition) is 1. The van der Waals surface area contributed by atoms with Gasteiger partial charge in [-0.1, -0.05) is 24.3 Å². The molecule has 0 bridgehead atoms. The van der Waals surface area contributed by atoms with E-state index in [-0.39, 0.29) is 5.56 Å². The Morgan fingerprint density at radius 2 is 1.78 bits per heavy atom. The van der Waals surface area contributed by atoms with Crippen LogP contribution in [0, 0.1) is 6.92 Å². The van der Waals surface area contributed by atoms with Gasteiger partial charge in [0.15, 0.2) is 0 Å². The topological polar surface area (TPSA) is 79.3 Å². The molecular formula is C24H26N6O2.